The molecule has 1 heterocycles. The Hall–Kier alpha value is -3.59. The number of nitrogens with one attached hydrogen (secondary N) is 1. The van der Waals surface area contributed by atoms with Crippen LogP contribution in [-0.4, -0.2) is 34.7 Å². The van der Waals surface area contributed by atoms with Crippen molar-refractivity contribution in [3.05, 3.63) is 64.1 Å². The van der Waals surface area contributed by atoms with Gasteiger partial charge < -0.3 is 19.9 Å². The van der Waals surface area contributed by atoms with E-state index in [1.54, 1.807) is 36.4 Å². The van der Waals surface area contributed by atoms with Gasteiger partial charge in [0, 0.05) is 6.92 Å². The Bertz CT molecular complexity index is 1080. The molecule has 2 aromatic rings. The van der Waals surface area contributed by atoms with Crippen molar-refractivity contribution in [2.45, 2.75) is 20.5 Å². The zero-order valence-corrected chi connectivity index (χ0v) is 17.7. The average Bonchev–Trinajstić information content (AvgIpc) is 3.05. The molecule has 1 aliphatic heterocycles. The lowest BCUT2D eigenvalue weighted by molar-refractivity contribution is -0.117. The quantitative estimate of drug-likeness (QED) is 0.634. The van der Waals surface area contributed by atoms with Gasteiger partial charge in [-0.15, -0.1) is 0 Å². The van der Waals surface area contributed by atoms with Crippen molar-refractivity contribution in [3.8, 4) is 11.5 Å². The highest BCUT2D eigenvalue weighted by Crippen LogP contribution is 2.33. The van der Waals surface area contributed by atoms with Crippen LogP contribution in [0.1, 0.15) is 35.3 Å². The monoisotopic (exact) mass is 440 g/mol. The standard InChI is InChI=1S/C22H20N2O6S/c1-3-29-18-10-15(11-19-20(26)24-22(31-19)23-13(2)25)6-9-17(18)30-12-14-4-7-16(8-5-14)21(27)28/h4-11H,3,12H2,1-2H3,(H,27,28)(H,23,24,25,26)/b19-11+. The molecule has 8 nitrogen and oxygen atoms in total. The van der Waals surface area contributed by atoms with Gasteiger partial charge in [-0.2, -0.15) is 4.99 Å². The van der Waals surface area contributed by atoms with Gasteiger partial charge in [0.15, 0.2) is 16.7 Å². The molecule has 0 bridgehead atoms. The topological polar surface area (TPSA) is 114 Å². The number of nitrogens with zero attached hydrogens (tertiary/aromatic N) is 1. The van der Waals surface area contributed by atoms with E-state index in [9.17, 15) is 14.4 Å². The number of aliphatic imine (C=N–C) groups is 1. The van der Waals surface area contributed by atoms with Crippen molar-refractivity contribution in [3.63, 3.8) is 0 Å². The molecular formula is C22H20N2O6S. The number of carboxylic acids is 1. The number of hydrogen-bond acceptors (Lipinski definition) is 6. The summed E-state index contributed by atoms with van der Waals surface area (Å²) in [4.78, 5) is 38.3. The van der Waals surface area contributed by atoms with E-state index in [4.69, 9.17) is 14.6 Å². The molecule has 9 heteroatoms. The third kappa shape index (κ3) is 5.95. The van der Waals surface area contributed by atoms with E-state index in [0.717, 1.165) is 22.9 Å². The smallest absolute Gasteiger partial charge is 0.335 e. The van der Waals surface area contributed by atoms with Gasteiger partial charge in [-0.3, -0.25) is 9.59 Å². The number of carbonyl (C=O) groups excluding carboxylic acids is 2. The first-order valence-electron chi connectivity index (χ1n) is 9.37. The number of carbonyl (C=O) groups is 3. The molecule has 0 radical (unpaired) electrons. The van der Waals surface area contributed by atoms with Gasteiger partial charge in [0.1, 0.15) is 6.61 Å². The number of aromatic carboxylic acids is 1. The highest BCUT2D eigenvalue weighted by Gasteiger charge is 2.22. The summed E-state index contributed by atoms with van der Waals surface area (Å²) >= 11 is 1.09. The second-order valence-electron chi connectivity index (χ2n) is 6.44. The lowest BCUT2D eigenvalue weighted by Gasteiger charge is -2.13. The molecule has 2 aromatic carbocycles. The summed E-state index contributed by atoms with van der Waals surface area (Å²) in [6, 6.07) is 11.7. The first kappa shape index (κ1) is 22.1. The minimum Gasteiger partial charge on any atom is -0.490 e. The maximum atomic E-state index is 12.1. The van der Waals surface area contributed by atoms with Crippen molar-refractivity contribution >= 4 is 40.8 Å². The summed E-state index contributed by atoms with van der Waals surface area (Å²) in [6.45, 7) is 3.86. The van der Waals surface area contributed by atoms with Crippen molar-refractivity contribution < 1.29 is 29.0 Å². The maximum absolute atomic E-state index is 12.1. The van der Waals surface area contributed by atoms with Crippen LogP contribution in [0.5, 0.6) is 11.5 Å². The summed E-state index contributed by atoms with van der Waals surface area (Å²) in [6.07, 6.45) is 1.67. The summed E-state index contributed by atoms with van der Waals surface area (Å²) in [5, 5.41) is 11.7. The SMILES string of the molecule is CCOc1cc(/C=C2/SC(NC(C)=O)=NC2=O)ccc1OCc1ccc(C(=O)O)cc1. The predicted octanol–water partition coefficient (Wildman–Crippen LogP) is 3.47. The maximum Gasteiger partial charge on any atom is 0.335 e. The van der Waals surface area contributed by atoms with E-state index in [2.05, 4.69) is 10.3 Å². The largest absolute Gasteiger partial charge is 0.490 e. The van der Waals surface area contributed by atoms with E-state index in [-0.39, 0.29) is 23.2 Å². The van der Waals surface area contributed by atoms with E-state index < -0.39 is 11.9 Å². The molecule has 0 fully saturated rings. The predicted molar refractivity (Wildman–Crippen MR) is 117 cm³/mol. The number of ether oxygens (including phenoxy) is 2. The molecule has 160 valence electrons. The Labute approximate surface area is 183 Å². The van der Waals surface area contributed by atoms with Gasteiger partial charge in [-0.1, -0.05) is 18.2 Å². The fourth-order valence-electron chi connectivity index (χ4n) is 2.67. The highest BCUT2D eigenvalue weighted by atomic mass is 32.2. The second-order valence-corrected chi connectivity index (χ2v) is 7.47. The van der Waals surface area contributed by atoms with Crippen molar-refractivity contribution in [1.82, 2.24) is 5.32 Å². The normalized spacial score (nSPS) is 14.3. The van der Waals surface area contributed by atoms with Crippen LogP contribution < -0.4 is 14.8 Å². The number of hydrogen-bond donors (Lipinski definition) is 2. The number of benzene rings is 2. The molecule has 0 unspecified atom stereocenters. The molecule has 0 saturated carbocycles. The van der Waals surface area contributed by atoms with Crippen LogP contribution in [0.25, 0.3) is 6.08 Å². The number of amidine groups is 1. The van der Waals surface area contributed by atoms with Gasteiger partial charge in [0.2, 0.25) is 5.91 Å². The van der Waals surface area contributed by atoms with Crippen molar-refractivity contribution in [1.29, 1.82) is 0 Å². The van der Waals surface area contributed by atoms with E-state index in [0.29, 0.717) is 23.0 Å². The summed E-state index contributed by atoms with van der Waals surface area (Å²) in [5.41, 5.74) is 1.74. The zero-order chi connectivity index (χ0) is 22.4. The molecule has 0 atom stereocenters. The Morgan fingerprint density at radius 1 is 1.13 bits per heavy atom. The third-order valence-electron chi connectivity index (χ3n) is 4.06. The van der Waals surface area contributed by atoms with Crippen LogP contribution in [0.15, 0.2) is 52.4 Å². The zero-order valence-electron chi connectivity index (χ0n) is 16.9. The minimum absolute atomic E-state index is 0.209. The van der Waals surface area contributed by atoms with Crippen molar-refractivity contribution in [2.75, 3.05) is 6.61 Å². The molecule has 0 spiro atoms. The Morgan fingerprint density at radius 3 is 2.52 bits per heavy atom. The summed E-state index contributed by atoms with van der Waals surface area (Å²) in [7, 11) is 0. The number of amides is 2. The third-order valence-corrected chi connectivity index (χ3v) is 4.96. The van der Waals surface area contributed by atoms with Crippen LogP contribution in [-0.2, 0) is 16.2 Å². The molecule has 2 N–H and O–H groups in total. The Kier molecular flexibility index (Phi) is 7.09. The average molecular weight is 440 g/mol. The molecule has 0 aromatic heterocycles. The first-order valence-corrected chi connectivity index (χ1v) is 10.2. The van der Waals surface area contributed by atoms with E-state index in [1.807, 2.05) is 6.92 Å². The molecule has 3 rings (SSSR count). The van der Waals surface area contributed by atoms with Gasteiger partial charge in [0.05, 0.1) is 17.1 Å². The van der Waals surface area contributed by atoms with Crippen LogP contribution in [0.3, 0.4) is 0 Å². The lowest BCUT2D eigenvalue weighted by atomic mass is 10.1. The Morgan fingerprint density at radius 2 is 1.87 bits per heavy atom. The Balaban J connectivity index is 1.73. The van der Waals surface area contributed by atoms with Crippen LogP contribution >= 0.6 is 11.8 Å². The van der Waals surface area contributed by atoms with Crippen LogP contribution in [0.4, 0.5) is 0 Å². The lowest BCUT2D eigenvalue weighted by Crippen LogP contribution is -2.23. The number of carboxylic acid groups (broad SMARTS) is 1. The molecule has 0 aliphatic carbocycles. The summed E-state index contributed by atoms with van der Waals surface area (Å²) in [5.74, 6) is -0.663. The van der Waals surface area contributed by atoms with E-state index in [1.165, 1.54) is 19.1 Å². The van der Waals surface area contributed by atoms with Gasteiger partial charge in [-0.05, 0) is 60.2 Å². The van der Waals surface area contributed by atoms with Gasteiger partial charge in [-0.25, -0.2) is 4.79 Å². The number of thioether (sulfide) groups is 1. The highest BCUT2D eigenvalue weighted by molar-refractivity contribution is 8.18. The van der Waals surface area contributed by atoms with Crippen LogP contribution in [0, 0.1) is 0 Å². The minimum atomic E-state index is -0.982. The van der Waals surface area contributed by atoms with Gasteiger partial charge >= 0.3 is 5.97 Å². The van der Waals surface area contributed by atoms with Crippen LogP contribution in [0.2, 0.25) is 0 Å². The molecular weight excluding hydrogens is 420 g/mol. The fraction of sp³-hybridized carbons (Fsp3) is 0.182. The number of rotatable bonds is 7. The molecule has 2 amide bonds. The molecule has 31 heavy (non-hydrogen) atoms. The van der Waals surface area contributed by atoms with Crippen molar-refractivity contribution in [2.24, 2.45) is 4.99 Å². The van der Waals surface area contributed by atoms with Gasteiger partial charge in [0.25, 0.3) is 5.91 Å². The molecule has 0 saturated heterocycles. The summed E-state index contributed by atoms with van der Waals surface area (Å²) < 4.78 is 11.5. The fourth-order valence-corrected chi connectivity index (χ4v) is 3.53. The second kappa shape index (κ2) is 9.94. The van der Waals surface area contributed by atoms with E-state index >= 15 is 0 Å². The molecule has 1 aliphatic rings. The first-order chi connectivity index (χ1) is 14.9.